The Morgan fingerprint density at radius 3 is 2.79 bits per heavy atom. The lowest BCUT2D eigenvalue weighted by Crippen LogP contribution is -2.37. The number of benzene rings is 1. The Hall–Kier alpha value is -2.67. The van der Waals surface area contributed by atoms with Gasteiger partial charge in [0, 0.05) is 38.4 Å². The summed E-state index contributed by atoms with van der Waals surface area (Å²) in [6, 6.07) is 8.04. The molecule has 148 valence electrons. The van der Waals surface area contributed by atoms with Gasteiger partial charge in [0.05, 0.1) is 26.2 Å². The van der Waals surface area contributed by atoms with Crippen LogP contribution in [-0.2, 0) is 16.0 Å². The number of nitrogens with zero attached hydrogens (tertiary/aromatic N) is 4. The first kappa shape index (κ1) is 18.7. The summed E-state index contributed by atoms with van der Waals surface area (Å²) in [5, 5.41) is 0. The van der Waals surface area contributed by atoms with Crippen LogP contribution >= 0.6 is 0 Å². The van der Waals surface area contributed by atoms with Crippen molar-refractivity contribution in [3.05, 3.63) is 47.8 Å². The second-order valence-electron chi connectivity index (χ2n) is 7.26. The highest BCUT2D eigenvalue weighted by Crippen LogP contribution is 2.26. The van der Waals surface area contributed by atoms with E-state index in [2.05, 4.69) is 14.9 Å². The number of anilines is 1. The second-order valence-corrected chi connectivity index (χ2v) is 7.26. The van der Waals surface area contributed by atoms with Gasteiger partial charge in [0.1, 0.15) is 6.10 Å². The van der Waals surface area contributed by atoms with Crippen LogP contribution in [0.2, 0.25) is 0 Å². The zero-order valence-corrected chi connectivity index (χ0v) is 16.2. The molecule has 7 nitrogen and oxygen atoms in total. The molecule has 28 heavy (non-hydrogen) atoms. The minimum Gasteiger partial charge on any atom is -0.470 e. The predicted octanol–water partition coefficient (Wildman–Crippen LogP) is 1.84. The molecule has 1 unspecified atom stereocenters. The first-order valence-corrected chi connectivity index (χ1v) is 9.83. The Labute approximate surface area is 165 Å². The quantitative estimate of drug-likeness (QED) is 0.786. The molecule has 0 saturated carbocycles. The largest absolute Gasteiger partial charge is 0.470 e. The SMILES string of the molecule is Cc1ccccc1CC(=O)N1CCC(Oc2nccnc2N2CCOCC2)C1. The van der Waals surface area contributed by atoms with Crippen LogP contribution in [0.4, 0.5) is 5.82 Å². The van der Waals surface area contributed by atoms with E-state index in [0.717, 1.165) is 36.5 Å². The second kappa shape index (κ2) is 8.56. The number of ether oxygens (including phenoxy) is 2. The molecule has 3 heterocycles. The van der Waals surface area contributed by atoms with Gasteiger partial charge in [-0.2, -0.15) is 0 Å². The van der Waals surface area contributed by atoms with E-state index in [-0.39, 0.29) is 12.0 Å². The summed E-state index contributed by atoms with van der Waals surface area (Å²) >= 11 is 0. The van der Waals surface area contributed by atoms with E-state index in [9.17, 15) is 4.79 Å². The van der Waals surface area contributed by atoms with Crippen LogP contribution in [0, 0.1) is 6.92 Å². The highest BCUT2D eigenvalue weighted by Gasteiger charge is 2.29. The van der Waals surface area contributed by atoms with Gasteiger partial charge in [-0.3, -0.25) is 4.79 Å². The molecule has 1 aromatic carbocycles. The summed E-state index contributed by atoms with van der Waals surface area (Å²) in [6.07, 6.45) is 4.51. The summed E-state index contributed by atoms with van der Waals surface area (Å²) in [5.41, 5.74) is 2.23. The van der Waals surface area contributed by atoms with Crippen LogP contribution in [-0.4, -0.2) is 66.3 Å². The van der Waals surface area contributed by atoms with E-state index in [1.54, 1.807) is 12.4 Å². The Balaban J connectivity index is 1.37. The van der Waals surface area contributed by atoms with E-state index in [4.69, 9.17) is 9.47 Å². The molecule has 4 rings (SSSR count). The molecule has 1 amide bonds. The van der Waals surface area contributed by atoms with Crippen molar-refractivity contribution in [2.75, 3.05) is 44.3 Å². The summed E-state index contributed by atoms with van der Waals surface area (Å²) in [6.45, 7) is 6.26. The van der Waals surface area contributed by atoms with Crippen LogP contribution < -0.4 is 9.64 Å². The van der Waals surface area contributed by atoms with E-state index in [1.165, 1.54) is 0 Å². The molecule has 1 aromatic heterocycles. The van der Waals surface area contributed by atoms with E-state index in [1.807, 2.05) is 36.1 Å². The number of carbonyl (C=O) groups is 1. The van der Waals surface area contributed by atoms with Crippen molar-refractivity contribution >= 4 is 11.7 Å². The van der Waals surface area contributed by atoms with Gasteiger partial charge >= 0.3 is 0 Å². The molecule has 0 N–H and O–H groups in total. The predicted molar refractivity (Wildman–Crippen MR) is 106 cm³/mol. The summed E-state index contributed by atoms with van der Waals surface area (Å²) < 4.78 is 11.6. The lowest BCUT2D eigenvalue weighted by Gasteiger charge is -2.29. The van der Waals surface area contributed by atoms with Gasteiger partial charge < -0.3 is 19.3 Å². The molecule has 2 saturated heterocycles. The highest BCUT2D eigenvalue weighted by molar-refractivity contribution is 5.79. The van der Waals surface area contributed by atoms with Crippen molar-refractivity contribution < 1.29 is 14.3 Å². The number of amides is 1. The minimum absolute atomic E-state index is 0.0580. The average Bonchev–Trinajstić information content (AvgIpc) is 3.19. The maximum atomic E-state index is 12.7. The molecule has 0 aliphatic carbocycles. The monoisotopic (exact) mass is 382 g/mol. The molecule has 2 fully saturated rings. The van der Waals surface area contributed by atoms with E-state index in [0.29, 0.717) is 38.6 Å². The topological polar surface area (TPSA) is 67.8 Å². The van der Waals surface area contributed by atoms with Crippen LogP contribution in [0.1, 0.15) is 17.5 Å². The molecule has 2 aliphatic heterocycles. The third-order valence-electron chi connectivity index (χ3n) is 5.34. The minimum atomic E-state index is -0.0580. The van der Waals surface area contributed by atoms with Gasteiger partial charge in [-0.1, -0.05) is 24.3 Å². The van der Waals surface area contributed by atoms with Crippen molar-refractivity contribution in [1.82, 2.24) is 14.9 Å². The normalized spacial score (nSPS) is 19.7. The van der Waals surface area contributed by atoms with Crippen molar-refractivity contribution in [2.24, 2.45) is 0 Å². The molecular weight excluding hydrogens is 356 g/mol. The van der Waals surface area contributed by atoms with Gasteiger partial charge in [-0.05, 0) is 18.1 Å². The Kier molecular flexibility index (Phi) is 5.71. The first-order valence-electron chi connectivity index (χ1n) is 9.83. The number of rotatable bonds is 5. The number of hydrogen-bond donors (Lipinski definition) is 0. The Bertz CT molecular complexity index is 823. The molecule has 0 radical (unpaired) electrons. The highest BCUT2D eigenvalue weighted by atomic mass is 16.5. The number of carbonyl (C=O) groups excluding carboxylic acids is 1. The zero-order valence-electron chi connectivity index (χ0n) is 16.2. The van der Waals surface area contributed by atoms with E-state index < -0.39 is 0 Å². The third-order valence-corrected chi connectivity index (χ3v) is 5.34. The molecule has 0 spiro atoms. The summed E-state index contributed by atoms with van der Waals surface area (Å²) in [5.74, 6) is 1.45. The van der Waals surface area contributed by atoms with Crippen LogP contribution in [0.5, 0.6) is 5.88 Å². The smallest absolute Gasteiger partial charge is 0.257 e. The number of aryl methyl sites for hydroxylation is 1. The van der Waals surface area contributed by atoms with Gasteiger partial charge in [0.15, 0.2) is 5.82 Å². The fourth-order valence-corrected chi connectivity index (χ4v) is 3.69. The lowest BCUT2D eigenvalue weighted by molar-refractivity contribution is -0.129. The van der Waals surface area contributed by atoms with Gasteiger partial charge in [-0.25, -0.2) is 9.97 Å². The number of aromatic nitrogens is 2. The van der Waals surface area contributed by atoms with Crippen molar-refractivity contribution in [3.63, 3.8) is 0 Å². The third kappa shape index (κ3) is 4.25. The summed E-state index contributed by atoms with van der Waals surface area (Å²) in [7, 11) is 0. The molecule has 0 bridgehead atoms. The van der Waals surface area contributed by atoms with Crippen LogP contribution in [0.25, 0.3) is 0 Å². The molecular formula is C21H26N4O3. The summed E-state index contributed by atoms with van der Waals surface area (Å²) in [4.78, 5) is 25.6. The van der Waals surface area contributed by atoms with Crippen LogP contribution in [0.3, 0.4) is 0 Å². The van der Waals surface area contributed by atoms with Crippen molar-refractivity contribution in [1.29, 1.82) is 0 Å². The molecule has 7 heteroatoms. The number of likely N-dealkylation sites (tertiary alicyclic amines) is 1. The van der Waals surface area contributed by atoms with Gasteiger partial charge in [0.2, 0.25) is 5.91 Å². The number of hydrogen-bond acceptors (Lipinski definition) is 6. The standard InChI is InChI=1S/C21H26N4O3/c1-16-4-2-3-5-17(16)14-19(26)25-9-6-18(15-25)28-21-20(22-7-8-23-21)24-10-12-27-13-11-24/h2-5,7-8,18H,6,9-15H2,1H3. The zero-order chi connectivity index (χ0) is 19.3. The Morgan fingerprint density at radius 1 is 1.18 bits per heavy atom. The van der Waals surface area contributed by atoms with Crippen LogP contribution in [0.15, 0.2) is 36.7 Å². The first-order chi connectivity index (χ1) is 13.7. The van der Waals surface area contributed by atoms with Gasteiger partial charge in [0.25, 0.3) is 5.88 Å². The fraction of sp³-hybridized carbons (Fsp3) is 0.476. The Morgan fingerprint density at radius 2 is 1.96 bits per heavy atom. The van der Waals surface area contributed by atoms with Crippen molar-refractivity contribution in [3.8, 4) is 5.88 Å². The molecule has 2 aliphatic rings. The number of morpholine rings is 1. The fourth-order valence-electron chi connectivity index (χ4n) is 3.69. The average molecular weight is 382 g/mol. The molecule has 1 atom stereocenters. The maximum Gasteiger partial charge on any atom is 0.257 e. The maximum absolute atomic E-state index is 12.7. The van der Waals surface area contributed by atoms with E-state index >= 15 is 0 Å². The van der Waals surface area contributed by atoms with Crippen molar-refractivity contribution in [2.45, 2.75) is 25.9 Å². The molecule has 2 aromatic rings. The van der Waals surface area contributed by atoms with Gasteiger partial charge in [-0.15, -0.1) is 0 Å². The lowest BCUT2D eigenvalue weighted by atomic mass is 10.1.